The molecule has 2 aromatic rings. The minimum Gasteiger partial charge on any atom is -0.437 e. The van der Waals surface area contributed by atoms with Crippen molar-refractivity contribution in [3.63, 3.8) is 0 Å². The fourth-order valence-electron chi connectivity index (χ4n) is 1.69. The number of ether oxygens (including phenoxy) is 1. The van der Waals surface area contributed by atoms with E-state index in [4.69, 9.17) is 21.6 Å². The molecule has 0 unspecified atom stereocenters. The second-order valence-corrected chi connectivity index (χ2v) is 6.67. The van der Waals surface area contributed by atoms with Gasteiger partial charge in [-0.1, -0.05) is 11.6 Å². The molecule has 0 spiro atoms. The van der Waals surface area contributed by atoms with Gasteiger partial charge < -0.3 is 4.74 Å². The van der Waals surface area contributed by atoms with Crippen LogP contribution in [0.3, 0.4) is 0 Å². The Balaban J connectivity index is 2.24. The first kappa shape index (κ1) is 16.1. The summed E-state index contributed by atoms with van der Waals surface area (Å²) in [5.41, 5.74) is 1.35. The Labute approximate surface area is 133 Å². The molecule has 1 aromatic carbocycles. The summed E-state index contributed by atoms with van der Waals surface area (Å²) in [5.74, 6) is 0.625. The van der Waals surface area contributed by atoms with Crippen LogP contribution in [0, 0.1) is 18.3 Å². The van der Waals surface area contributed by atoms with E-state index >= 15 is 0 Å². The highest BCUT2D eigenvalue weighted by molar-refractivity contribution is 7.92. The first-order valence-electron chi connectivity index (χ1n) is 6.11. The van der Waals surface area contributed by atoms with Crippen LogP contribution in [0.4, 0.5) is 5.69 Å². The summed E-state index contributed by atoms with van der Waals surface area (Å²) in [5, 5.41) is 9.09. The molecule has 6 nitrogen and oxygen atoms in total. The van der Waals surface area contributed by atoms with E-state index < -0.39 is 10.0 Å². The first-order chi connectivity index (χ1) is 10.3. The van der Waals surface area contributed by atoms with Gasteiger partial charge in [-0.05, 0) is 31.2 Å². The van der Waals surface area contributed by atoms with Crippen molar-refractivity contribution in [2.24, 2.45) is 0 Å². The summed E-state index contributed by atoms with van der Waals surface area (Å²) in [6.45, 7) is 1.70. The molecule has 0 fully saturated rings. The molecule has 1 aromatic heterocycles. The zero-order valence-electron chi connectivity index (χ0n) is 11.8. The summed E-state index contributed by atoms with van der Waals surface area (Å²) >= 11 is 6.07. The number of hydrogen-bond acceptors (Lipinski definition) is 5. The molecule has 0 aliphatic heterocycles. The molecule has 8 heteroatoms. The van der Waals surface area contributed by atoms with Crippen LogP contribution >= 0.6 is 11.6 Å². The van der Waals surface area contributed by atoms with Gasteiger partial charge in [0.1, 0.15) is 11.8 Å². The maximum atomic E-state index is 11.2. The highest BCUT2D eigenvalue weighted by Crippen LogP contribution is 2.31. The van der Waals surface area contributed by atoms with E-state index in [0.717, 1.165) is 6.26 Å². The van der Waals surface area contributed by atoms with Gasteiger partial charge >= 0.3 is 0 Å². The quantitative estimate of drug-likeness (QED) is 0.925. The Hall–Kier alpha value is -2.30. The Morgan fingerprint density at radius 1 is 1.32 bits per heavy atom. The number of aromatic nitrogens is 1. The molecule has 1 N–H and O–H groups in total. The number of halogens is 1. The fourth-order valence-corrected chi connectivity index (χ4v) is 2.46. The second kappa shape index (κ2) is 6.22. The monoisotopic (exact) mass is 337 g/mol. The van der Waals surface area contributed by atoms with E-state index in [9.17, 15) is 8.42 Å². The third-order valence-corrected chi connectivity index (χ3v) is 3.53. The van der Waals surface area contributed by atoms with Gasteiger partial charge in [-0.25, -0.2) is 13.4 Å². The average Bonchev–Trinajstić information content (AvgIpc) is 2.40. The molecule has 0 amide bonds. The number of nitrogens with zero attached hydrogens (tertiary/aromatic N) is 2. The lowest BCUT2D eigenvalue weighted by molar-refractivity contribution is 0.462. The molecule has 0 atom stereocenters. The number of hydrogen-bond donors (Lipinski definition) is 1. The maximum Gasteiger partial charge on any atom is 0.229 e. The highest BCUT2D eigenvalue weighted by Gasteiger charge is 2.09. The summed E-state index contributed by atoms with van der Waals surface area (Å²) in [6, 6.07) is 9.68. The van der Waals surface area contributed by atoms with Gasteiger partial charge in [0, 0.05) is 6.07 Å². The van der Waals surface area contributed by atoms with Crippen molar-refractivity contribution in [3.05, 3.63) is 46.6 Å². The number of aryl methyl sites for hydroxylation is 1. The van der Waals surface area contributed by atoms with Gasteiger partial charge in [0.2, 0.25) is 15.9 Å². The molecule has 0 radical (unpaired) electrons. The third kappa shape index (κ3) is 4.10. The minimum absolute atomic E-state index is 0.234. The molecular weight excluding hydrogens is 326 g/mol. The van der Waals surface area contributed by atoms with Crippen LogP contribution < -0.4 is 9.46 Å². The lowest BCUT2D eigenvalue weighted by atomic mass is 10.2. The van der Waals surface area contributed by atoms with Crippen molar-refractivity contribution < 1.29 is 13.2 Å². The number of benzene rings is 1. The van der Waals surface area contributed by atoms with Crippen LogP contribution in [0.15, 0.2) is 30.3 Å². The van der Waals surface area contributed by atoms with Gasteiger partial charge in [0.05, 0.1) is 28.2 Å². The van der Waals surface area contributed by atoms with E-state index in [1.54, 1.807) is 19.1 Å². The van der Waals surface area contributed by atoms with Crippen LogP contribution in [0.1, 0.15) is 11.3 Å². The average molecular weight is 338 g/mol. The van der Waals surface area contributed by atoms with Crippen molar-refractivity contribution in [3.8, 4) is 17.7 Å². The highest BCUT2D eigenvalue weighted by atomic mass is 35.5. The summed E-state index contributed by atoms with van der Waals surface area (Å²) in [4.78, 5) is 4.15. The number of rotatable bonds is 4. The van der Waals surface area contributed by atoms with E-state index in [-0.39, 0.29) is 5.02 Å². The van der Waals surface area contributed by atoms with Gasteiger partial charge in [0.15, 0.2) is 0 Å². The SMILES string of the molecule is Cc1nc(Oc2ccc(NS(C)(=O)=O)cc2Cl)ccc1C#N. The number of nitrogens with one attached hydrogen (secondary N) is 1. The lowest BCUT2D eigenvalue weighted by Gasteiger charge is -2.10. The van der Waals surface area contributed by atoms with Gasteiger partial charge in [0.25, 0.3) is 0 Å². The molecule has 1 heterocycles. The number of nitriles is 1. The van der Waals surface area contributed by atoms with Crippen molar-refractivity contribution in [2.75, 3.05) is 11.0 Å². The zero-order chi connectivity index (χ0) is 16.3. The van der Waals surface area contributed by atoms with Crippen molar-refractivity contribution in [1.82, 2.24) is 4.98 Å². The molecule has 0 saturated carbocycles. The van der Waals surface area contributed by atoms with Crippen LogP contribution in [-0.4, -0.2) is 19.7 Å². The number of anilines is 1. The van der Waals surface area contributed by atoms with Gasteiger partial charge in [-0.15, -0.1) is 0 Å². The summed E-state index contributed by atoms with van der Waals surface area (Å²) < 4.78 is 30.2. The van der Waals surface area contributed by atoms with Gasteiger partial charge in [-0.3, -0.25) is 4.72 Å². The molecule has 114 valence electrons. The normalized spacial score (nSPS) is 10.8. The predicted molar refractivity (Wildman–Crippen MR) is 83.7 cm³/mol. The van der Waals surface area contributed by atoms with E-state index in [2.05, 4.69) is 9.71 Å². The van der Waals surface area contributed by atoms with E-state index in [1.807, 2.05) is 6.07 Å². The molecule has 0 saturated heterocycles. The Kier molecular flexibility index (Phi) is 4.54. The van der Waals surface area contributed by atoms with Crippen LogP contribution in [0.25, 0.3) is 0 Å². The van der Waals surface area contributed by atoms with Crippen LogP contribution in [0.2, 0.25) is 5.02 Å². The standard InChI is InChI=1S/C14H12ClN3O3S/c1-9-10(8-16)3-6-14(17-9)21-13-5-4-11(7-12(13)15)18-22(2,19)20/h3-7,18H,1-2H3. The molecule has 0 aliphatic rings. The second-order valence-electron chi connectivity index (χ2n) is 4.52. The molecule has 0 aliphatic carbocycles. The number of sulfonamides is 1. The van der Waals surface area contributed by atoms with Crippen molar-refractivity contribution in [2.45, 2.75) is 6.92 Å². The summed E-state index contributed by atoms with van der Waals surface area (Å²) in [6.07, 6.45) is 1.05. The fraction of sp³-hybridized carbons (Fsp3) is 0.143. The maximum absolute atomic E-state index is 11.2. The molecule has 0 bridgehead atoms. The third-order valence-electron chi connectivity index (χ3n) is 2.63. The Bertz CT molecular complexity index is 860. The first-order valence-corrected chi connectivity index (χ1v) is 8.38. The largest absolute Gasteiger partial charge is 0.437 e. The molecule has 2 rings (SSSR count). The minimum atomic E-state index is -3.37. The topological polar surface area (TPSA) is 92.1 Å². The smallest absolute Gasteiger partial charge is 0.229 e. The zero-order valence-corrected chi connectivity index (χ0v) is 13.4. The van der Waals surface area contributed by atoms with Gasteiger partial charge in [-0.2, -0.15) is 5.26 Å². The van der Waals surface area contributed by atoms with Crippen LogP contribution in [0.5, 0.6) is 11.6 Å². The Morgan fingerprint density at radius 2 is 2.05 bits per heavy atom. The van der Waals surface area contributed by atoms with Crippen LogP contribution in [-0.2, 0) is 10.0 Å². The van der Waals surface area contributed by atoms with Crippen molar-refractivity contribution >= 4 is 27.3 Å². The predicted octanol–water partition coefficient (Wildman–Crippen LogP) is 3.08. The molecular formula is C14H12ClN3O3S. The Morgan fingerprint density at radius 3 is 2.59 bits per heavy atom. The van der Waals surface area contributed by atoms with E-state index in [1.165, 1.54) is 18.2 Å². The lowest BCUT2D eigenvalue weighted by Crippen LogP contribution is -2.09. The number of pyridine rings is 1. The van der Waals surface area contributed by atoms with E-state index in [0.29, 0.717) is 28.6 Å². The molecule has 22 heavy (non-hydrogen) atoms. The van der Waals surface area contributed by atoms with Crippen molar-refractivity contribution in [1.29, 1.82) is 5.26 Å². The summed E-state index contributed by atoms with van der Waals surface area (Å²) in [7, 11) is -3.37.